The van der Waals surface area contributed by atoms with Crippen LogP contribution in [0.25, 0.3) is 16.4 Å². The summed E-state index contributed by atoms with van der Waals surface area (Å²) >= 11 is 0. The molecule has 4 rings (SSSR count). The molecule has 0 radical (unpaired) electrons. The van der Waals surface area contributed by atoms with Crippen molar-refractivity contribution in [2.45, 2.75) is 13.0 Å². The fourth-order valence-electron chi connectivity index (χ4n) is 3.03. The first kappa shape index (κ1) is 17.8. The number of nitrogens with zero attached hydrogens (tertiary/aromatic N) is 3. The topological polar surface area (TPSA) is 77.6 Å². The third-order valence-corrected chi connectivity index (χ3v) is 4.45. The summed E-state index contributed by atoms with van der Waals surface area (Å²) in [6, 6.07) is 19.1. The first-order chi connectivity index (χ1) is 13.7. The second-order valence-corrected chi connectivity index (χ2v) is 6.44. The molecule has 1 amide bonds. The van der Waals surface area contributed by atoms with Crippen LogP contribution in [-0.4, -0.2) is 33.2 Å². The second-order valence-electron chi connectivity index (χ2n) is 6.44. The van der Waals surface area contributed by atoms with E-state index in [9.17, 15) is 9.59 Å². The molecule has 0 spiro atoms. The Balaban J connectivity index is 1.24. The molecule has 0 bridgehead atoms. The van der Waals surface area contributed by atoms with E-state index in [0.29, 0.717) is 30.9 Å². The van der Waals surface area contributed by atoms with Gasteiger partial charge in [-0.1, -0.05) is 36.4 Å². The molecule has 2 aromatic carbocycles. The lowest BCUT2D eigenvalue weighted by molar-refractivity contribution is -0.123. The van der Waals surface area contributed by atoms with Crippen LogP contribution in [-0.2, 0) is 11.3 Å². The van der Waals surface area contributed by atoms with Gasteiger partial charge in [-0.05, 0) is 41.5 Å². The van der Waals surface area contributed by atoms with E-state index in [1.54, 1.807) is 18.3 Å². The number of benzene rings is 2. The molecule has 2 heterocycles. The number of fused-ring (bicyclic) bond motifs is 2. The maximum Gasteiger partial charge on any atom is 0.350 e. The molecule has 0 unspecified atom stereocenters. The Morgan fingerprint density at radius 3 is 2.71 bits per heavy atom. The lowest BCUT2D eigenvalue weighted by Crippen LogP contribution is -2.31. The molecule has 0 atom stereocenters. The van der Waals surface area contributed by atoms with Crippen LogP contribution in [0.2, 0.25) is 0 Å². The Morgan fingerprint density at radius 2 is 1.86 bits per heavy atom. The van der Waals surface area contributed by atoms with Crippen molar-refractivity contribution in [1.29, 1.82) is 0 Å². The fraction of sp³-hybridized carbons (Fsp3) is 0.190. The predicted octanol–water partition coefficient (Wildman–Crippen LogP) is 2.23. The highest BCUT2D eigenvalue weighted by Crippen LogP contribution is 2.20. The number of aryl methyl sites for hydroxylation is 1. The van der Waals surface area contributed by atoms with Gasteiger partial charge in [-0.3, -0.25) is 9.20 Å². The molecule has 4 aromatic rings. The maximum atomic E-state index is 12.2. The van der Waals surface area contributed by atoms with Gasteiger partial charge in [-0.15, -0.1) is 5.10 Å². The van der Waals surface area contributed by atoms with Gasteiger partial charge in [-0.2, -0.15) is 0 Å². The van der Waals surface area contributed by atoms with Crippen molar-refractivity contribution in [1.82, 2.24) is 19.5 Å². The molecular weight excluding hydrogens is 356 g/mol. The molecule has 0 saturated heterocycles. The zero-order chi connectivity index (χ0) is 19.3. The molecule has 28 heavy (non-hydrogen) atoms. The number of rotatable bonds is 7. The van der Waals surface area contributed by atoms with Gasteiger partial charge in [-0.25, -0.2) is 9.48 Å². The van der Waals surface area contributed by atoms with Crippen LogP contribution < -0.4 is 15.7 Å². The minimum Gasteiger partial charge on any atom is -0.484 e. The molecule has 0 aliphatic carbocycles. The van der Waals surface area contributed by atoms with Gasteiger partial charge >= 0.3 is 5.69 Å². The van der Waals surface area contributed by atoms with Gasteiger partial charge in [0, 0.05) is 19.3 Å². The average Bonchev–Trinajstić information content (AvgIpc) is 3.05. The number of pyridine rings is 1. The highest BCUT2D eigenvalue weighted by molar-refractivity contribution is 5.84. The monoisotopic (exact) mass is 376 g/mol. The van der Waals surface area contributed by atoms with Gasteiger partial charge in [0.25, 0.3) is 5.91 Å². The van der Waals surface area contributed by atoms with Gasteiger partial charge in [0.05, 0.1) is 0 Å². The number of amides is 1. The zero-order valence-electron chi connectivity index (χ0n) is 15.2. The van der Waals surface area contributed by atoms with Crippen LogP contribution in [0.5, 0.6) is 5.75 Å². The number of hydrogen-bond acceptors (Lipinski definition) is 4. The summed E-state index contributed by atoms with van der Waals surface area (Å²) in [5.74, 6) is 0.459. The summed E-state index contributed by atoms with van der Waals surface area (Å²) in [6.45, 7) is 0.833. The average molecular weight is 376 g/mol. The van der Waals surface area contributed by atoms with E-state index in [1.165, 1.54) is 9.08 Å². The van der Waals surface area contributed by atoms with Crippen molar-refractivity contribution >= 4 is 22.3 Å². The molecule has 0 aliphatic rings. The van der Waals surface area contributed by atoms with Crippen molar-refractivity contribution in [3.8, 4) is 5.75 Å². The number of aromatic nitrogens is 3. The van der Waals surface area contributed by atoms with Crippen LogP contribution in [0.1, 0.15) is 6.42 Å². The van der Waals surface area contributed by atoms with Crippen molar-refractivity contribution in [2.75, 3.05) is 13.2 Å². The standard InChI is InChI=1S/C21H20N4O3/c26-20(15-28-18-10-9-16-6-1-2-7-17(16)14-18)22-11-5-13-25-21(27)24-12-4-3-8-19(24)23-25/h1-4,6-10,12,14H,5,11,13,15H2,(H,22,26). The Bertz CT molecular complexity index is 1180. The lowest BCUT2D eigenvalue weighted by Gasteiger charge is -2.08. The first-order valence-electron chi connectivity index (χ1n) is 9.13. The summed E-state index contributed by atoms with van der Waals surface area (Å²) < 4.78 is 8.47. The van der Waals surface area contributed by atoms with E-state index in [1.807, 2.05) is 48.5 Å². The highest BCUT2D eigenvalue weighted by Gasteiger charge is 2.06. The van der Waals surface area contributed by atoms with Crippen LogP contribution in [0.3, 0.4) is 0 Å². The third-order valence-electron chi connectivity index (χ3n) is 4.45. The first-order valence-corrected chi connectivity index (χ1v) is 9.13. The van der Waals surface area contributed by atoms with E-state index in [-0.39, 0.29) is 18.2 Å². The van der Waals surface area contributed by atoms with Crippen LogP contribution in [0.4, 0.5) is 0 Å². The quantitative estimate of drug-likeness (QED) is 0.502. The fourth-order valence-corrected chi connectivity index (χ4v) is 3.03. The number of ether oxygens (including phenoxy) is 1. The van der Waals surface area contributed by atoms with Gasteiger partial charge in [0.2, 0.25) is 0 Å². The SMILES string of the molecule is O=C(COc1ccc2ccccc2c1)NCCCn1nc2ccccn2c1=O. The molecule has 142 valence electrons. The summed E-state index contributed by atoms with van der Waals surface area (Å²) in [4.78, 5) is 24.1. The number of nitrogens with one attached hydrogen (secondary N) is 1. The molecular formula is C21H20N4O3. The van der Waals surface area contributed by atoms with Crippen LogP contribution >= 0.6 is 0 Å². The number of hydrogen-bond donors (Lipinski definition) is 1. The molecule has 1 N–H and O–H groups in total. The minimum absolute atomic E-state index is 0.0490. The smallest absolute Gasteiger partial charge is 0.350 e. The summed E-state index contributed by atoms with van der Waals surface area (Å²) in [7, 11) is 0. The summed E-state index contributed by atoms with van der Waals surface area (Å²) in [6.07, 6.45) is 2.29. The van der Waals surface area contributed by atoms with Crippen LogP contribution in [0, 0.1) is 0 Å². The normalized spacial score (nSPS) is 11.0. The molecule has 7 heteroatoms. The van der Waals surface area contributed by atoms with Crippen molar-refractivity contribution in [3.63, 3.8) is 0 Å². The molecule has 0 fully saturated rings. The van der Waals surface area contributed by atoms with Gasteiger partial charge in [0.15, 0.2) is 12.3 Å². The van der Waals surface area contributed by atoms with E-state index in [2.05, 4.69) is 10.4 Å². The van der Waals surface area contributed by atoms with Gasteiger partial charge in [0.1, 0.15) is 5.75 Å². The molecule has 2 aromatic heterocycles. The Kier molecular flexibility index (Phi) is 5.05. The van der Waals surface area contributed by atoms with E-state index in [0.717, 1.165) is 10.8 Å². The van der Waals surface area contributed by atoms with Gasteiger partial charge < -0.3 is 10.1 Å². The Morgan fingerprint density at radius 1 is 1.04 bits per heavy atom. The van der Waals surface area contributed by atoms with Crippen LogP contribution in [0.15, 0.2) is 71.7 Å². The Labute approximate surface area is 161 Å². The molecule has 0 saturated carbocycles. The zero-order valence-corrected chi connectivity index (χ0v) is 15.2. The maximum absolute atomic E-state index is 12.2. The summed E-state index contributed by atoms with van der Waals surface area (Å²) in [5, 5.41) is 9.25. The number of carbonyl (C=O) groups excluding carboxylic acids is 1. The largest absolute Gasteiger partial charge is 0.484 e. The molecule has 7 nitrogen and oxygen atoms in total. The minimum atomic E-state index is -0.199. The van der Waals surface area contributed by atoms with E-state index < -0.39 is 0 Å². The van der Waals surface area contributed by atoms with E-state index >= 15 is 0 Å². The van der Waals surface area contributed by atoms with E-state index in [4.69, 9.17) is 4.74 Å². The summed E-state index contributed by atoms with van der Waals surface area (Å²) in [5.41, 5.74) is 0.432. The van der Waals surface area contributed by atoms with Crippen molar-refractivity contribution < 1.29 is 9.53 Å². The molecule has 0 aliphatic heterocycles. The third kappa shape index (κ3) is 3.88. The second kappa shape index (κ2) is 7.96. The van der Waals surface area contributed by atoms with Crippen molar-refractivity contribution in [3.05, 3.63) is 77.3 Å². The lowest BCUT2D eigenvalue weighted by atomic mass is 10.1. The highest BCUT2D eigenvalue weighted by atomic mass is 16.5. The Hall–Kier alpha value is -3.61. The van der Waals surface area contributed by atoms with Crippen molar-refractivity contribution in [2.24, 2.45) is 0 Å². The number of carbonyl (C=O) groups is 1. The predicted molar refractivity (Wildman–Crippen MR) is 107 cm³/mol.